The van der Waals surface area contributed by atoms with Crippen LogP contribution in [0, 0.1) is 0 Å². The molecule has 0 saturated carbocycles. The van der Waals surface area contributed by atoms with Crippen LogP contribution in [-0.4, -0.2) is 29.4 Å². The number of thiophene rings is 1. The topological polar surface area (TPSA) is 32.3 Å². The Kier molecular flexibility index (Phi) is 3.63. The van der Waals surface area contributed by atoms with Crippen LogP contribution >= 0.6 is 11.3 Å². The molecule has 1 aromatic heterocycles. The molecule has 0 spiro atoms. The number of piperidine rings is 1. The zero-order valence-corrected chi connectivity index (χ0v) is 12.3. The van der Waals surface area contributed by atoms with Crippen molar-refractivity contribution in [1.82, 2.24) is 10.2 Å². The van der Waals surface area contributed by atoms with Gasteiger partial charge in [-0.05, 0) is 57.0 Å². The molecule has 19 heavy (non-hydrogen) atoms. The third-order valence-electron chi connectivity index (χ3n) is 4.48. The average molecular weight is 278 g/mol. The van der Waals surface area contributed by atoms with Crippen LogP contribution in [0.3, 0.4) is 0 Å². The van der Waals surface area contributed by atoms with Crippen LogP contribution in [0.15, 0.2) is 17.5 Å². The van der Waals surface area contributed by atoms with E-state index in [-0.39, 0.29) is 5.54 Å². The Bertz CT molecular complexity index is 437. The number of nitrogens with one attached hydrogen (secondary N) is 1. The molecule has 2 aliphatic heterocycles. The van der Waals surface area contributed by atoms with Gasteiger partial charge in [0.15, 0.2) is 0 Å². The van der Waals surface area contributed by atoms with Crippen LogP contribution in [0.5, 0.6) is 0 Å². The molecule has 2 fully saturated rings. The quantitative estimate of drug-likeness (QED) is 0.902. The van der Waals surface area contributed by atoms with Crippen molar-refractivity contribution < 1.29 is 4.79 Å². The zero-order valence-electron chi connectivity index (χ0n) is 11.5. The van der Waals surface area contributed by atoms with Crippen LogP contribution in [-0.2, 0) is 4.79 Å². The first kappa shape index (κ1) is 13.1. The Morgan fingerprint density at radius 2 is 2.37 bits per heavy atom. The van der Waals surface area contributed by atoms with Crippen LogP contribution in [0.2, 0.25) is 0 Å². The minimum atomic E-state index is -0.335. The summed E-state index contributed by atoms with van der Waals surface area (Å²) in [5, 5.41) is 5.56. The van der Waals surface area contributed by atoms with Crippen molar-refractivity contribution in [2.24, 2.45) is 0 Å². The highest BCUT2D eigenvalue weighted by atomic mass is 32.1. The number of carbonyl (C=O) groups excluding carboxylic acids is 1. The van der Waals surface area contributed by atoms with Crippen molar-refractivity contribution >= 4 is 17.2 Å². The van der Waals surface area contributed by atoms with Crippen molar-refractivity contribution in [3.63, 3.8) is 0 Å². The zero-order chi connectivity index (χ0) is 13.3. The van der Waals surface area contributed by atoms with Gasteiger partial charge in [0.25, 0.3) is 0 Å². The standard InChI is InChI=1S/C15H22N2OS/c1-15(8-2-3-9-16-15)14(18)17-10-4-6-12(17)13-7-5-11-19-13/h5,7,11-12,16H,2-4,6,8-10H2,1H3. The average Bonchev–Trinajstić information content (AvgIpc) is 3.09. The summed E-state index contributed by atoms with van der Waals surface area (Å²) >= 11 is 1.77. The molecule has 4 heteroatoms. The van der Waals surface area contributed by atoms with E-state index in [1.165, 1.54) is 11.3 Å². The van der Waals surface area contributed by atoms with E-state index in [1.807, 2.05) is 0 Å². The minimum absolute atomic E-state index is 0.308. The van der Waals surface area contributed by atoms with E-state index in [0.717, 1.165) is 38.8 Å². The number of likely N-dealkylation sites (tertiary alicyclic amines) is 1. The highest BCUT2D eigenvalue weighted by Crippen LogP contribution is 2.36. The predicted octanol–water partition coefficient (Wildman–Crippen LogP) is 2.94. The lowest BCUT2D eigenvalue weighted by molar-refractivity contribution is -0.139. The Labute approximate surface area is 119 Å². The van der Waals surface area contributed by atoms with Crippen LogP contribution in [0.4, 0.5) is 0 Å². The first-order valence-electron chi connectivity index (χ1n) is 7.30. The maximum atomic E-state index is 12.9. The van der Waals surface area contributed by atoms with Gasteiger partial charge in [-0.1, -0.05) is 6.07 Å². The summed E-state index contributed by atoms with van der Waals surface area (Å²) in [7, 11) is 0. The molecule has 0 aliphatic carbocycles. The Hall–Kier alpha value is -0.870. The molecule has 1 aromatic rings. The molecule has 3 heterocycles. The Balaban J connectivity index is 1.78. The molecule has 2 atom stereocenters. The van der Waals surface area contributed by atoms with Crippen molar-refractivity contribution in [3.8, 4) is 0 Å². The molecule has 3 nitrogen and oxygen atoms in total. The summed E-state index contributed by atoms with van der Waals surface area (Å²) in [5.74, 6) is 0.308. The lowest BCUT2D eigenvalue weighted by Crippen LogP contribution is -2.57. The van der Waals surface area contributed by atoms with Crippen LogP contribution < -0.4 is 5.32 Å². The van der Waals surface area contributed by atoms with E-state index in [1.54, 1.807) is 11.3 Å². The van der Waals surface area contributed by atoms with Gasteiger partial charge in [-0.2, -0.15) is 0 Å². The molecule has 0 radical (unpaired) electrons. The summed E-state index contributed by atoms with van der Waals surface area (Å²) in [4.78, 5) is 16.3. The van der Waals surface area contributed by atoms with Gasteiger partial charge in [0.05, 0.1) is 11.6 Å². The fraction of sp³-hybridized carbons (Fsp3) is 0.667. The Morgan fingerprint density at radius 3 is 3.05 bits per heavy atom. The monoisotopic (exact) mass is 278 g/mol. The first-order valence-corrected chi connectivity index (χ1v) is 8.18. The second-order valence-corrected chi connectivity index (χ2v) is 6.87. The van der Waals surface area contributed by atoms with Crippen molar-refractivity contribution in [1.29, 1.82) is 0 Å². The van der Waals surface area contributed by atoms with Gasteiger partial charge in [0.2, 0.25) is 5.91 Å². The number of amides is 1. The molecule has 3 rings (SSSR count). The van der Waals surface area contributed by atoms with Crippen molar-refractivity contribution in [2.45, 2.75) is 50.6 Å². The molecule has 2 saturated heterocycles. The molecular formula is C15H22N2OS. The molecule has 0 bridgehead atoms. The van der Waals surface area contributed by atoms with E-state index < -0.39 is 0 Å². The molecule has 0 aromatic carbocycles. The van der Waals surface area contributed by atoms with Crippen molar-refractivity contribution in [2.75, 3.05) is 13.1 Å². The van der Waals surface area contributed by atoms with E-state index in [4.69, 9.17) is 0 Å². The summed E-state index contributed by atoms with van der Waals surface area (Å²) in [5.41, 5.74) is -0.335. The van der Waals surface area contributed by atoms with Gasteiger partial charge >= 0.3 is 0 Å². The molecule has 1 N–H and O–H groups in total. The van der Waals surface area contributed by atoms with Gasteiger partial charge in [0.1, 0.15) is 0 Å². The van der Waals surface area contributed by atoms with Crippen LogP contribution in [0.25, 0.3) is 0 Å². The van der Waals surface area contributed by atoms with Gasteiger partial charge in [-0.15, -0.1) is 11.3 Å². The maximum absolute atomic E-state index is 12.9. The van der Waals surface area contributed by atoms with Gasteiger partial charge in [-0.3, -0.25) is 4.79 Å². The van der Waals surface area contributed by atoms with E-state index in [0.29, 0.717) is 11.9 Å². The highest BCUT2D eigenvalue weighted by Gasteiger charge is 2.41. The van der Waals surface area contributed by atoms with Crippen LogP contribution in [0.1, 0.15) is 49.9 Å². The second kappa shape index (κ2) is 5.25. The number of rotatable bonds is 2. The van der Waals surface area contributed by atoms with E-state index in [9.17, 15) is 4.79 Å². The minimum Gasteiger partial charge on any atom is -0.333 e. The van der Waals surface area contributed by atoms with Gasteiger partial charge < -0.3 is 10.2 Å². The smallest absolute Gasteiger partial charge is 0.243 e. The predicted molar refractivity (Wildman–Crippen MR) is 78.3 cm³/mol. The molecular weight excluding hydrogens is 256 g/mol. The normalized spacial score (nSPS) is 31.6. The summed E-state index contributed by atoms with van der Waals surface area (Å²) in [6.07, 6.45) is 5.57. The maximum Gasteiger partial charge on any atom is 0.243 e. The molecule has 1 amide bonds. The third kappa shape index (κ3) is 2.43. The fourth-order valence-corrected chi connectivity index (χ4v) is 4.22. The molecule has 2 unspecified atom stereocenters. The summed E-state index contributed by atoms with van der Waals surface area (Å²) in [6.45, 7) is 3.97. The summed E-state index contributed by atoms with van der Waals surface area (Å²) < 4.78 is 0. The number of hydrogen-bond donors (Lipinski definition) is 1. The van der Waals surface area contributed by atoms with Gasteiger partial charge in [-0.25, -0.2) is 0 Å². The highest BCUT2D eigenvalue weighted by molar-refractivity contribution is 7.10. The second-order valence-electron chi connectivity index (χ2n) is 5.89. The summed E-state index contributed by atoms with van der Waals surface area (Å²) in [6, 6.07) is 4.56. The lowest BCUT2D eigenvalue weighted by atomic mass is 9.89. The number of hydrogen-bond acceptors (Lipinski definition) is 3. The van der Waals surface area contributed by atoms with E-state index in [2.05, 4.69) is 34.7 Å². The number of carbonyl (C=O) groups is 1. The lowest BCUT2D eigenvalue weighted by Gasteiger charge is -2.38. The largest absolute Gasteiger partial charge is 0.333 e. The SMILES string of the molecule is CC1(C(=O)N2CCCC2c2cccs2)CCCCN1. The molecule has 2 aliphatic rings. The number of nitrogens with zero attached hydrogens (tertiary/aromatic N) is 1. The Morgan fingerprint density at radius 1 is 1.47 bits per heavy atom. The first-order chi connectivity index (χ1) is 9.21. The third-order valence-corrected chi connectivity index (χ3v) is 5.45. The van der Waals surface area contributed by atoms with E-state index >= 15 is 0 Å². The fourth-order valence-electron chi connectivity index (χ4n) is 3.34. The molecule has 104 valence electrons. The van der Waals surface area contributed by atoms with Gasteiger partial charge in [0, 0.05) is 11.4 Å². The van der Waals surface area contributed by atoms with Crippen molar-refractivity contribution in [3.05, 3.63) is 22.4 Å².